The Morgan fingerprint density at radius 2 is 1.88 bits per heavy atom. The molecule has 1 aromatic carbocycles. The van der Waals surface area contributed by atoms with Crippen LogP contribution in [-0.4, -0.2) is 49.7 Å². The number of hydrogen-bond acceptors (Lipinski definition) is 4. The van der Waals surface area contributed by atoms with Gasteiger partial charge in [-0.2, -0.15) is 0 Å². The lowest BCUT2D eigenvalue weighted by atomic mass is 10.1. The predicted octanol–water partition coefficient (Wildman–Crippen LogP) is 1.15. The van der Waals surface area contributed by atoms with Crippen molar-refractivity contribution in [2.75, 3.05) is 18.6 Å². The fourth-order valence-corrected chi connectivity index (χ4v) is 5.20. The maximum absolute atomic E-state index is 12.5. The molecule has 4 unspecified atom stereocenters. The third-order valence-electron chi connectivity index (χ3n) is 5.21. The summed E-state index contributed by atoms with van der Waals surface area (Å²) >= 11 is 0. The number of benzene rings is 1. The molecule has 0 spiro atoms. The van der Waals surface area contributed by atoms with Gasteiger partial charge in [-0.3, -0.25) is 9.59 Å². The van der Waals surface area contributed by atoms with Crippen molar-refractivity contribution in [2.45, 2.75) is 31.8 Å². The van der Waals surface area contributed by atoms with Crippen LogP contribution in [0.15, 0.2) is 30.3 Å². The molecule has 1 aliphatic heterocycles. The Kier molecular flexibility index (Phi) is 4.86. The van der Waals surface area contributed by atoms with Gasteiger partial charge in [-0.15, -0.1) is 0 Å². The Morgan fingerprint density at radius 1 is 1.20 bits per heavy atom. The molecule has 1 aliphatic carbocycles. The van der Waals surface area contributed by atoms with Gasteiger partial charge in [0, 0.05) is 13.1 Å². The third kappa shape index (κ3) is 4.03. The van der Waals surface area contributed by atoms with Crippen LogP contribution in [0.4, 0.5) is 0 Å². The zero-order chi connectivity index (χ0) is 18.2. The van der Waals surface area contributed by atoms with Crippen LogP contribution in [0.25, 0.3) is 0 Å². The maximum Gasteiger partial charge on any atom is 0.226 e. The van der Waals surface area contributed by atoms with Crippen LogP contribution in [0, 0.1) is 11.8 Å². The molecule has 136 valence electrons. The zero-order valence-corrected chi connectivity index (χ0v) is 15.3. The SMILES string of the molecule is CC(NC(=O)C1CC1C(=O)N(C)C1CCS(=O)(=O)C1)c1ccccc1. The Bertz CT molecular complexity index is 763. The van der Waals surface area contributed by atoms with Gasteiger partial charge >= 0.3 is 0 Å². The number of nitrogens with one attached hydrogen (secondary N) is 1. The zero-order valence-electron chi connectivity index (χ0n) is 14.5. The number of hydrogen-bond donors (Lipinski definition) is 1. The van der Waals surface area contributed by atoms with E-state index in [1.807, 2.05) is 37.3 Å². The molecule has 1 aromatic rings. The number of carbonyl (C=O) groups is 2. The minimum absolute atomic E-state index is 0.0316. The van der Waals surface area contributed by atoms with E-state index in [2.05, 4.69) is 5.32 Å². The summed E-state index contributed by atoms with van der Waals surface area (Å²) in [5.74, 6) is -0.686. The van der Waals surface area contributed by atoms with Crippen LogP contribution >= 0.6 is 0 Å². The number of amides is 2. The smallest absolute Gasteiger partial charge is 0.226 e. The number of sulfone groups is 1. The standard InChI is InChI=1S/C18H24N2O4S/c1-12(13-6-4-3-5-7-13)19-17(21)15-10-16(15)18(22)20(2)14-8-9-25(23,24)11-14/h3-7,12,14-16H,8-11H2,1-2H3,(H,19,21). The Labute approximate surface area is 148 Å². The van der Waals surface area contributed by atoms with E-state index in [9.17, 15) is 18.0 Å². The molecule has 0 bridgehead atoms. The van der Waals surface area contributed by atoms with Gasteiger partial charge in [0.2, 0.25) is 11.8 Å². The van der Waals surface area contributed by atoms with Crippen LogP contribution in [0.5, 0.6) is 0 Å². The Balaban J connectivity index is 1.53. The molecule has 1 heterocycles. The highest BCUT2D eigenvalue weighted by Crippen LogP contribution is 2.41. The average Bonchev–Trinajstić information content (AvgIpc) is 3.31. The first kappa shape index (κ1) is 17.9. The lowest BCUT2D eigenvalue weighted by Crippen LogP contribution is -2.40. The highest BCUT2D eigenvalue weighted by Gasteiger charge is 2.50. The van der Waals surface area contributed by atoms with Crippen molar-refractivity contribution in [1.29, 1.82) is 0 Å². The predicted molar refractivity (Wildman–Crippen MR) is 94.4 cm³/mol. The van der Waals surface area contributed by atoms with Crippen molar-refractivity contribution in [3.05, 3.63) is 35.9 Å². The van der Waals surface area contributed by atoms with Gasteiger partial charge in [-0.1, -0.05) is 30.3 Å². The number of nitrogens with zero attached hydrogens (tertiary/aromatic N) is 1. The monoisotopic (exact) mass is 364 g/mol. The third-order valence-corrected chi connectivity index (χ3v) is 6.96. The van der Waals surface area contributed by atoms with Crippen molar-refractivity contribution in [3.63, 3.8) is 0 Å². The highest BCUT2D eigenvalue weighted by atomic mass is 32.2. The van der Waals surface area contributed by atoms with Crippen molar-refractivity contribution in [2.24, 2.45) is 11.8 Å². The van der Waals surface area contributed by atoms with E-state index in [1.165, 1.54) is 4.90 Å². The van der Waals surface area contributed by atoms with Gasteiger partial charge in [0.25, 0.3) is 0 Å². The van der Waals surface area contributed by atoms with Crippen LogP contribution in [0.1, 0.15) is 31.4 Å². The molecule has 4 atom stereocenters. The molecule has 0 radical (unpaired) electrons. The van der Waals surface area contributed by atoms with Gasteiger partial charge in [-0.05, 0) is 25.3 Å². The molecule has 7 heteroatoms. The summed E-state index contributed by atoms with van der Waals surface area (Å²) in [4.78, 5) is 26.4. The molecule has 1 N–H and O–H groups in total. The summed E-state index contributed by atoms with van der Waals surface area (Å²) in [6, 6.07) is 9.31. The highest BCUT2D eigenvalue weighted by molar-refractivity contribution is 7.91. The van der Waals surface area contributed by atoms with E-state index >= 15 is 0 Å². The van der Waals surface area contributed by atoms with Gasteiger partial charge in [0.15, 0.2) is 9.84 Å². The maximum atomic E-state index is 12.5. The van der Waals surface area contributed by atoms with Gasteiger partial charge in [0.1, 0.15) is 0 Å². The minimum atomic E-state index is -3.03. The molecule has 0 aromatic heterocycles. The van der Waals surface area contributed by atoms with Gasteiger partial charge in [-0.25, -0.2) is 8.42 Å². The van der Waals surface area contributed by atoms with Gasteiger partial charge in [0.05, 0.1) is 29.4 Å². The fourth-order valence-electron chi connectivity index (χ4n) is 3.43. The second-order valence-corrected chi connectivity index (χ2v) is 9.32. The molecule has 2 fully saturated rings. The minimum Gasteiger partial charge on any atom is -0.349 e. The van der Waals surface area contributed by atoms with E-state index in [4.69, 9.17) is 0 Å². The van der Waals surface area contributed by atoms with Crippen LogP contribution in [0.3, 0.4) is 0 Å². The molecule has 1 saturated carbocycles. The molecule has 2 aliphatic rings. The van der Waals surface area contributed by atoms with Gasteiger partial charge < -0.3 is 10.2 Å². The van der Waals surface area contributed by atoms with E-state index < -0.39 is 9.84 Å². The molecule has 2 amide bonds. The molecular formula is C18H24N2O4S. The number of rotatable bonds is 5. The molecule has 3 rings (SSSR count). The average molecular weight is 364 g/mol. The van der Waals surface area contributed by atoms with E-state index in [0.717, 1.165) is 5.56 Å². The summed E-state index contributed by atoms with van der Waals surface area (Å²) in [6.07, 6.45) is 1.02. The van der Waals surface area contributed by atoms with Crippen molar-refractivity contribution in [1.82, 2.24) is 10.2 Å². The Hall–Kier alpha value is -1.89. The van der Waals surface area contributed by atoms with Crippen molar-refractivity contribution >= 4 is 21.7 Å². The topological polar surface area (TPSA) is 83.6 Å². The van der Waals surface area contributed by atoms with E-state index in [-0.39, 0.29) is 47.2 Å². The lowest BCUT2D eigenvalue weighted by molar-refractivity contribution is -0.135. The largest absolute Gasteiger partial charge is 0.349 e. The summed E-state index contributed by atoms with van der Waals surface area (Å²) in [5, 5.41) is 2.96. The van der Waals surface area contributed by atoms with Crippen LogP contribution in [-0.2, 0) is 19.4 Å². The van der Waals surface area contributed by atoms with E-state index in [0.29, 0.717) is 12.8 Å². The first-order valence-corrected chi connectivity index (χ1v) is 10.4. The van der Waals surface area contributed by atoms with E-state index in [1.54, 1.807) is 7.05 Å². The molecule has 25 heavy (non-hydrogen) atoms. The fraction of sp³-hybridized carbons (Fsp3) is 0.556. The summed E-state index contributed by atoms with van der Waals surface area (Å²) in [7, 11) is -1.38. The second kappa shape index (κ2) is 6.78. The summed E-state index contributed by atoms with van der Waals surface area (Å²) in [6.45, 7) is 1.92. The lowest BCUT2D eigenvalue weighted by Gasteiger charge is -2.23. The second-order valence-electron chi connectivity index (χ2n) is 7.10. The summed E-state index contributed by atoms with van der Waals surface area (Å²) in [5.41, 5.74) is 1.02. The Morgan fingerprint density at radius 3 is 2.48 bits per heavy atom. The number of carbonyl (C=O) groups excluding carboxylic acids is 2. The first-order valence-electron chi connectivity index (χ1n) is 8.61. The molecular weight excluding hydrogens is 340 g/mol. The van der Waals surface area contributed by atoms with Crippen LogP contribution < -0.4 is 5.32 Å². The quantitative estimate of drug-likeness (QED) is 0.849. The molecule has 1 saturated heterocycles. The van der Waals surface area contributed by atoms with Crippen LogP contribution in [0.2, 0.25) is 0 Å². The normalized spacial score (nSPS) is 28.2. The summed E-state index contributed by atoms with van der Waals surface area (Å²) < 4.78 is 23.2. The van der Waals surface area contributed by atoms with Crippen molar-refractivity contribution in [3.8, 4) is 0 Å². The first-order chi connectivity index (χ1) is 11.8. The van der Waals surface area contributed by atoms with Crippen molar-refractivity contribution < 1.29 is 18.0 Å². The molecule has 6 nitrogen and oxygen atoms in total.